The number of aromatic nitrogens is 3. The summed E-state index contributed by atoms with van der Waals surface area (Å²) in [6, 6.07) is 95.4. The Morgan fingerprint density at radius 1 is 0.280 bits per heavy atom. The minimum Gasteiger partial charge on any atom is -0.489 e. The van der Waals surface area contributed by atoms with Crippen LogP contribution in [0.5, 0.6) is 17.2 Å². The Hall–Kier alpha value is -14.5. The average molecular weight is 1560 g/mol. The second-order valence-electron chi connectivity index (χ2n) is 29.8. The summed E-state index contributed by atoms with van der Waals surface area (Å²) in [5.41, 5.74) is 17.3. The highest BCUT2D eigenvalue weighted by Crippen LogP contribution is 2.36. The maximum atomic E-state index is 14.8. The van der Waals surface area contributed by atoms with Crippen molar-refractivity contribution in [2.24, 2.45) is 0 Å². The third-order valence-electron chi connectivity index (χ3n) is 21.4. The summed E-state index contributed by atoms with van der Waals surface area (Å²) in [6.45, 7) is 6.98. The molecule has 0 aliphatic rings. The molecule has 118 heavy (non-hydrogen) atoms. The highest BCUT2D eigenvalue weighted by molar-refractivity contribution is 6.01. The van der Waals surface area contributed by atoms with Gasteiger partial charge in [0.05, 0.1) is 19.3 Å². The summed E-state index contributed by atoms with van der Waals surface area (Å²) in [4.78, 5) is 97.4. The number of anilines is 3. The fourth-order valence-electron chi connectivity index (χ4n) is 15.2. The summed E-state index contributed by atoms with van der Waals surface area (Å²) in [5.74, 6) is -0.705. The molecule has 15 rings (SSSR count). The lowest BCUT2D eigenvalue weighted by Gasteiger charge is -2.22. The van der Waals surface area contributed by atoms with Crippen LogP contribution in [0.4, 0.5) is 17.1 Å². The minimum atomic E-state index is -0.990. The highest BCUT2D eigenvalue weighted by Gasteiger charge is 2.29. The Labute approximate surface area is 684 Å². The van der Waals surface area contributed by atoms with Gasteiger partial charge in [-0.3, -0.25) is 28.8 Å². The van der Waals surface area contributed by atoms with Crippen molar-refractivity contribution in [3.05, 3.63) is 393 Å². The van der Waals surface area contributed by atoms with E-state index >= 15 is 0 Å². The van der Waals surface area contributed by atoms with E-state index in [9.17, 15) is 28.8 Å². The van der Waals surface area contributed by atoms with Gasteiger partial charge in [0, 0.05) is 92.0 Å². The quantitative estimate of drug-likeness (QED) is 0.0177. The second kappa shape index (κ2) is 37.2. The summed E-state index contributed by atoms with van der Waals surface area (Å²) in [6.07, 6.45) is 0.669. The van der Waals surface area contributed by atoms with Crippen molar-refractivity contribution in [3.8, 4) is 17.2 Å². The number of rotatable bonds is 33. The van der Waals surface area contributed by atoms with Gasteiger partial charge in [0.2, 0.25) is 35.4 Å². The number of fused-ring (bicyclic) bond motifs is 3. The minimum absolute atomic E-state index is 0.0453. The number of benzene rings is 12. The first-order valence-corrected chi connectivity index (χ1v) is 39.7. The Kier molecular flexibility index (Phi) is 24.8. The third-order valence-corrected chi connectivity index (χ3v) is 21.4. The SMILES string of the molecule is Cc1[nH]c2ccccc2c1CC(=O)N[C@@H](Cc1ccc(OCc2ccccc2)cc1)C(=O)Nc1ccc(C(c2ccc(NC(=O)[C@H](Cc3ccc(OCc4ccccc4)cc3)NC(=O)Cc3c(C)[nH]c4ccccc34)cc2)c2ccc(NC(=O)[C@H](Cc3ccc(OCc4ccccc4)cc3)NC(=O)Cc3c(C)[nH]c4ccccc34)cc2)cc1. The van der Waals surface area contributed by atoms with Crippen LogP contribution >= 0.6 is 0 Å². The molecule has 0 bridgehead atoms. The van der Waals surface area contributed by atoms with Crippen molar-refractivity contribution in [2.75, 3.05) is 16.0 Å². The lowest BCUT2D eigenvalue weighted by atomic mass is 9.85. The van der Waals surface area contributed by atoms with Gasteiger partial charge in [0.15, 0.2) is 0 Å². The summed E-state index contributed by atoms with van der Waals surface area (Å²) < 4.78 is 18.3. The number of hydrogen-bond donors (Lipinski definition) is 9. The molecule has 0 saturated carbocycles. The fraction of sp³-hybridized carbons (Fsp3) is 0.160. The molecule has 18 heteroatoms. The van der Waals surface area contributed by atoms with Gasteiger partial charge in [0.1, 0.15) is 55.2 Å². The molecular formula is C100H91N9O9. The number of aromatic amines is 3. The molecule has 3 heterocycles. The fourth-order valence-corrected chi connectivity index (χ4v) is 15.2. The molecule has 0 radical (unpaired) electrons. The number of H-pyrrole nitrogens is 3. The smallest absolute Gasteiger partial charge is 0.247 e. The summed E-state index contributed by atoms with van der Waals surface area (Å²) in [7, 11) is 0. The van der Waals surface area contributed by atoms with Crippen LogP contribution in [0.15, 0.2) is 309 Å². The lowest BCUT2D eigenvalue weighted by molar-refractivity contribution is -0.126. The van der Waals surface area contributed by atoms with Crippen molar-refractivity contribution in [1.82, 2.24) is 30.9 Å². The molecule has 15 aromatic rings. The molecule has 0 fully saturated rings. The number of aryl methyl sites for hydroxylation is 3. The van der Waals surface area contributed by atoms with Crippen molar-refractivity contribution in [1.29, 1.82) is 0 Å². The predicted molar refractivity (Wildman–Crippen MR) is 465 cm³/mol. The molecule has 0 spiro atoms. The summed E-state index contributed by atoms with van der Waals surface area (Å²) >= 11 is 0. The number of nitrogens with one attached hydrogen (secondary N) is 9. The van der Waals surface area contributed by atoms with E-state index in [2.05, 4.69) is 46.9 Å². The Morgan fingerprint density at radius 3 is 0.788 bits per heavy atom. The zero-order valence-corrected chi connectivity index (χ0v) is 65.8. The number of ether oxygens (including phenoxy) is 3. The van der Waals surface area contributed by atoms with Gasteiger partial charge >= 0.3 is 0 Å². The maximum absolute atomic E-state index is 14.8. The second-order valence-corrected chi connectivity index (χ2v) is 29.8. The van der Waals surface area contributed by atoms with E-state index in [4.69, 9.17) is 14.2 Å². The van der Waals surface area contributed by atoms with E-state index in [0.717, 1.165) is 117 Å². The molecule has 3 aromatic heterocycles. The predicted octanol–water partition coefficient (Wildman–Crippen LogP) is 17.7. The Balaban J connectivity index is 0.699. The number of para-hydroxylation sites is 3. The van der Waals surface area contributed by atoms with Crippen LogP contribution in [0, 0.1) is 20.8 Å². The molecule has 3 atom stereocenters. The first-order valence-electron chi connectivity index (χ1n) is 39.7. The lowest BCUT2D eigenvalue weighted by Crippen LogP contribution is -2.45. The van der Waals surface area contributed by atoms with Gasteiger partial charge in [0.25, 0.3) is 0 Å². The molecule has 6 amide bonds. The highest BCUT2D eigenvalue weighted by atomic mass is 16.5. The monoisotopic (exact) mass is 1560 g/mol. The van der Waals surface area contributed by atoms with Crippen LogP contribution in [0.2, 0.25) is 0 Å². The third kappa shape index (κ3) is 20.2. The van der Waals surface area contributed by atoms with E-state index in [1.54, 1.807) is 0 Å². The maximum Gasteiger partial charge on any atom is 0.247 e. The van der Waals surface area contributed by atoms with Crippen molar-refractivity contribution < 1.29 is 43.0 Å². The molecule has 18 nitrogen and oxygen atoms in total. The molecule has 0 saturated heterocycles. The number of hydrogen-bond acceptors (Lipinski definition) is 9. The van der Waals surface area contributed by atoms with Gasteiger partial charge in [-0.15, -0.1) is 0 Å². The Morgan fingerprint density at radius 2 is 0.525 bits per heavy atom. The van der Waals surface area contributed by atoms with Crippen LogP contribution in [0.3, 0.4) is 0 Å². The average Bonchev–Trinajstić information content (AvgIpc) is 1.51. The van der Waals surface area contributed by atoms with Crippen LogP contribution < -0.4 is 46.1 Å². The number of carbonyl (C=O) groups is 6. The molecule has 0 aliphatic heterocycles. The van der Waals surface area contributed by atoms with Crippen LogP contribution in [0.25, 0.3) is 32.7 Å². The standard InChI is InChI=1S/C100H91N9O9/c1-64-85(82-25-13-16-28-88(82)101-64)58-94(110)107-91(55-67-31-49-79(50-32-67)116-61-70-19-7-4-8-20-70)98(113)104-76-43-37-73(38-44-76)97(74-39-45-77(46-40-74)105-99(114)92(108-95(111)59-86-65(2)102-89-29-17-14-26-83(86)89)56-68-33-51-80(52-34-68)117-62-71-21-9-5-10-22-71)75-41-47-78(48-42-75)106-100(115)93(109-96(112)60-87-66(3)103-90-30-18-15-27-84(87)90)57-69-35-53-81(54-36-69)118-63-72-23-11-6-12-24-72/h4-54,91-93,97,101-103H,55-63H2,1-3H3,(H,104,113)(H,105,114)(H,106,115)(H,107,110)(H,108,111)(H,109,112)/t91-,92-,93-/m0/s1. The molecule has 12 aromatic carbocycles. The molecule has 590 valence electrons. The number of amides is 6. The normalized spacial score (nSPS) is 12.0. The Bertz CT molecular complexity index is 5410. The largest absolute Gasteiger partial charge is 0.489 e. The van der Waals surface area contributed by atoms with Gasteiger partial charge in [-0.25, -0.2) is 0 Å². The molecule has 0 unspecified atom stereocenters. The number of carbonyl (C=O) groups excluding carboxylic acids is 6. The summed E-state index contributed by atoms with van der Waals surface area (Å²) in [5, 5.41) is 21.4. The topological polar surface area (TPSA) is 250 Å². The van der Waals surface area contributed by atoms with E-state index in [1.165, 1.54) is 0 Å². The van der Waals surface area contributed by atoms with Gasteiger partial charge in [-0.2, -0.15) is 0 Å². The molecule has 0 aliphatic carbocycles. The van der Waals surface area contributed by atoms with E-state index < -0.39 is 41.8 Å². The van der Waals surface area contributed by atoms with E-state index in [-0.39, 0.29) is 56.2 Å². The molecular weight excluding hydrogens is 1470 g/mol. The first-order chi connectivity index (χ1) is 57.6. The van der Waals surface area contributed by atoms with Gasteiger partial charge < -0.3 is 61.1 Å². The van der Waals surface area contributed by atoms with Crippen molar-refractivity contribution in [3.63, 3.8) is 0 Å². The van der Waals surface area contributed by atoms with E-state index in [0.29, 0.717) is 54.1 Å². The zero-order chi connectivity index (χ0) is 81.3. The van der Waals surface area contributed by atoms with Crippen LogP contribution in [0.1, 0.15) is 89.8 Å². The van der Waals surface area contributed by atoms with E-state index in [1.807, 2.05) is 330 Å². The van der Waals surface area contributed by atoms with Crippen LogP contribution in [-0.4, -0.2) is 68.5 Å². The molecule has 9 N–H and O–H groups in total. The van der Waals surface area contributed by atoms with Gasteiger partial charge in [-0.05, 0) is 179 Å². The first kappa shape index (κ1) is 78.7. The van der Waals surface area contributed by atoms with Gasteiger partial charge in [-0.1, -0.05) is 218 Å². The van der Waals surface area contributed by atoms with Crippen LogP contribution in [-0.2, 0) is 87.1 Å². The van der Waals surface area contributed by atoms with Crippen molar-refractivity contribution >= 4 is 85.2 Å². The zero-order valence-electron chi connectivity index (χ0n) is 65.8. The van der Waals surface area contributed by atoms with Crippen molar-refractivity contribution in [2.45, 2.75) is 103 Å².